The van der Waals surface area contributed by atoms with E-state index in [2.05, 4.69) is 95.5 Å². The van der Waals surface area contributed by atoms with Gasteiger partial charge in [0.25, 0.3) is 0 Å². The van der Waals surface area contributed by atoms with E-state index in [9.17, 15) is 4.46 Å². The minimum atomic E-state index is -1.94. The molecular formula is C26H34NOSiTi+. The van der Waals surface area contributed by atoms with Gasteiger partial charge in [0.15, 0.2) is 0 Å². The molecule has 0 atom stereocenters. The zero-order valence-electron chi connectivity index (χ0n) is 19.4. The van der Waals surface area contributed by atoms with Gasteiger partial charge in [-0.3, -0.25) is 0 Å². The average molecular weight is 453 g/mol. The molecule has 0 amide bonds. The van der Waals surface area contributed by atoms with Crippen LogP contribution in [0.5, 0.6) is 0 Å². The fourth-order valence-corrected chi connectivity index (χ4v) is 6.01. The van der Waals surface area contributed by atoms with Crippen LogP contribution >= 0.6 is 0 Å². The molecule has 0 spiro atoms. The van der Waals surface area contributed by atoms with Gasteiger partial charge >= 0.3 is 30.6 Å². The molecule has 4 heteroatoms. The zero-order valence-corrected chi connectivity index (χ0v) is 22.0. The summed E-state index contributed by atoms with van der Waals surface area (Å²) in [7, 11) is 2.27. The molecule has 156 valence electrons. The molecule has 0 radical (unpaired) electrons. The number of fused-ring (bicyclic) bond motifs is 5. The Balaban J connectivity index is 0.00000150. The van der Waals surface area contributed by atoms with Gasteiger partial charge in [-0.05, 0) is 60.6 Å². The third-order valence-electron chi connectivity index (χ3n) is 6.49. The van der Waals surface area contributed by atoms with Gasteiger partial charge in [0, 0.05) is 0 Å². The van der Waals surface area contributed by atoms with Gasteiger partial charge < -0.3 is 23.5 Å². The van der Waals surface area contributed by atoms with E-state index in [0.717, 1.165) is 6.42 Å². The summed E-state index contributed by atoms with van der Waals surface area (Å²) in [5.41, 5.74) is 7.73. The second-order valence-corrected chi connectivity index (χ2v) is 11.6. The minimum absolute atomic E-state index is 0. The van der Waals surface area contributed by atoms with E-state index < -0.39 is 8.84 Å². The van der Waals surface area contributed by atoms with Crippen molar-refractivity contribution in [3.05, 3.63) is 97.8 Å². The topological polar surface area (TPSA) is 17.1 Å². The Morgan fingerprint density at radius 2 is 1.23 bits per heavy atom. The summed E-state index contributed by atoms with van der Waals surface area (Å²) in [6.07, 6.45) is 5.48. The predicted molar refractivity (Wildman–Crippen MR) is 127 cm³/mol. The molecular weight excluding hydrogens is 418 g/mol. The number of rotatable bonds is 2. The number of hydrogen-bond acceptors (Lipinski definition) is 1. The quantitative estimate of drug-likeness (QED) is 0.396. The van der Waals surface area contributed by atoms with Crippen LogP contribution in [0.1, 0.15) is 43.0 Å². The van der Waals surface area contributed by atoms with Gasteiger partial charge in [0.05, 0.1) is 25.2 Å². The fraction of sp³-hybridized carbons (Fsp3) is 0.308. The third-order valence-corrected chi connectivity index (χ3v) is 9.17. The number of benzene rings is 2. The van der Waals surface area contributed by atoms with E-state index in [1.165, 1.54) is 33.4 Å². The molecule has 0 N–H and O–H groups in total. The third kappa shape index (κ3) is 4.31. The van der Waals surface area contributed by atoms with Crippen molar-refractivity contribution in [1.29, 1.82) is 0 Å². The monoisotopic (exact) mass is 452 g/mol. The number of nitrogens with zero attached hydrogens (tertiary/aromatic N) is 1. The number of quaternary nitrogens is 1. The molecule has 2 aromatic carbocycles. The first-order valence-electron chi connectivity index (χ1n) is 9.69. The summed E-state index contributed by atoms with van der Waals surface area (Å²) in [6.45, 7) is 6.52. The van der Waals surface area contributed by atoms with Crippen molar-refractivity contribution in [3.8, 4) is 0 Å². The van der Waals surface area contributed by atoms with Crippen LogP contribution < -0.4 is 0 Å². The molecule has 0 aliphatic heterocycles. The SMILES string of the molecule is CC(C)(C)[N+](C)(C)[Si](=O)C1C=C2C(=C1)c1ccccc1Cc1ccccc12.[CH3-].[CH3-].[Ti+2]. The van der Waals surface area contributed by atoms with Crippen LogP contribution in [-0.4, -0.2) is 32.6 Å². The molecule has 2 nitrogen and oxygen atoms in total. The molecule has 30 heavy (non-hydrogen) atoms. The molecule has 0 saturated carbocycles. The maximum absolute atomic E-state index is 13.6. The van der Waals surface area contributed by atoms with Crippen molar-refractivity contribution in [3.63, 3.8) is 0 Å². The number of hydrogen-bond donors (Lipinski definition) is 0. The number of allylic oxidation sites excluding steroid dienone is 4. The van der Waals surface area contributed by atoms with Crippen LogP contribution in [0, 0.1) is 14.9 Å². The molecule has 0 saturated heterocycles. The Bertz CT molecular complexity index is 937. The standard InChI is InChI=1S/C24H28NOSi.2CH3.Ti/c1-24(2,3)25(4,5)27(26)19-15-22-20-12-8-6-10-17(20)14-18-11-7-9-13-21(18)23(22)16-19;;;/h6-13,15-16,19H,14H2,1-5H3;2*1H3;/q+1;2*-1;+2. The average Bonchev–Trinajstić information content (AvgIpc) is 3.01. The van der Waals surface area contributed by atoms with Crippen LogP contribution in [-0.2, 0) is 32.6 Å². The second-order valence-electron chi connectivity index (χ2n) is 9.14. The van der Waals surface area contributed by atoms with Crippen molar-refractivity contribution in [1.82, 2.24) is 0 Å². The van der Waals surface area contributed by atoms with Gasteiger partial charge in [0.1, 0.15) is 0 Å². The maximum Gasteiger partial charge on any atom is 2.00 e. The van der Waals surface area contributed by atoms with Crippen molar-refractivity contribution >= 4 is 20.0 Å². The van der Waals surface area contributed by atoms with E-state index in [1.54, 1.807) is 0 Å². The summed E-state index contributed by atoms with van der Waals surface area (Å²) in [4.78, 5) is 0. The Morgan fingerprint density at radius 1 is 0.833 bits per heavy atom. The van der Waals surface area contributed by atoms with E-state index in [4.69, 9.17) is 0 Å². The van der Waals surface area contributed by atoms with E-state index in [-0.39, 0.29) is 47.7 Å². The summed E-state index contributed by atoms with van der Waals surface area (Å²) < 4.78 is 14.2. The Labute approximate surface area is 199 Å². The van der Waals surface area contributed by atoms with Gasteiger partial charge in [-0.25, -0.2) is 0 Å². The molecule has 0 heterocycles. The van der Waals surface area contributed by atoms with Crippen LogP contribution in [0.25, 0.3) is 11.1 Å². The normalized spacial score (nSPS) is 15.0. The summed E-state index contributed by atoms with van der Waals surface area (Å²) >= 11 is 0. The second kappa shape index (κ2) is 9.40. The van der Waals surface area contributed by atoms with Crippen molar-refractivity contribution in [2.45, 2.75) is 38.3 Å². The van der Waals surface area contributed by atoms with Crippen LogP contribution in [0.4, 0.5) is 0 Å². The molecule has 0 aromatic heterocycles. The van der Waals surface area contributed by atoms with Crippen molar-refractivity contribution in [2.75, 3.05) is 14.1 Å². The predicted octanol–water partition coefficient (Wildman–Crippen LogP) is 6.13. The molecule has 0 fully saturated rings. The van der Waals surface area contributed by atoms with Gasteiger partial charge in [0.2, 0.25) is 0 Å². The zero-order chi connectivity index (χ0) is 19.4. The Morgan fingerprint density at radius 3 is 1.63 bits per heavy atom. The van der Waals surface area contributed by atoms with Crippen LogP contribution in [0.2, 0.25) is 5.54 Å². The van der Waals surface area contributed by atoms with E-state index in [0.29, 0.717) is 4.15 Å². The first kappa shape index (κ1) is 26.6. The van der Waals surface area contributed by atoms with Crippen molar-refractivity contribution in [2.24, 2.45) is 0 Å². The van der Waals surface area contributed by atoms with Gasteiger partial charge in [-0.1, -0.05) is 60.7 Å². The Kier molecular flexibility index (Phi) is 8.35. The molecule has 2 aliphatic carbocycles. The van der Waals surface area contributed by atoms with E-state index in [1.807, 2.05) is 0 Å². The Hall–Kier alpha value is -1.39. The molecule has 4 rings (SSSR count). The maximum atomic E-state index is 13.6. The fourth-order valence-electron chi connectivity index (χ4n) is 3.98. The first-order valence-corrected chi connectivity index (χ1v) is 11.1. The molecule has 0 bridgehead atoms. The smallest absolute Gasteiger partial charge is 0.358 e. The van der Waals surface area contributed by atoms with E-state index >= 15 is 0 Å². The minimum Gasteiger partial charge on any atom is -0.358 e. The largest absolute Gasteiger partial charge is 2.00 e. The summed E-state index contributed by atoms with van der Waals surface area (Å²) in [6, 6.07) is 17.3. The van der Waals surface area contributed by atoms with Crippen molar-refractivity contribution < 1.29 is 30.3 Å². The molecule has 2 aromatic rings. The van der Waals surface area contributed by atoms with Gasteiger partial charge in [-0.2, -0.15) is 0 Å². The molecule has 0 unspecified atom stereocenters. The van der Waals surface area contributed by atoms with Crippen LogP contribution in [0.3, 0.4) is 0 Å². The van der Waals surface area contributed by atoms with Crippen LogP contribution in [0.15, 0.2) is 60.7 Å². The van der Waals surface area contributed by atoms with Gasteiger partial charge in [-0.15, -0.1) is 0 Å². The first-order chi connectivity index (χ1) is 12.7. The summed E-state index contributed by atoms with van der Waals surface area (Å²) in [5, 5.41) is 0. The summed E-state index contributed by atoms with van der Waals surface area (Å²) in [5.74, 6) is 0. The molecule has 2 aliphatic rings.